The Bertz CT molecular complexity index is 645. The Morgan fingerprint density at radius 3 is 3.04 bits per heavy atom. The number of unbranched alkanes of at least 4 members (excludes halogenated alkanes) is 1. The summed E-state index contributed by atoms with van der Waals surface area (Å²) in [6.45, 7) is 6.33. The molecule has 7 heteroatoms. The molecule has 0 unspecified atom stereocenters. The second-order valence-electron chi connectivity index (χ2n) is 7.20. The molecule has 0 N–H and O–H groups in total. The molecule has 1 aromatic heterocycles. The summed E-state index contributed by atoms with van der Waals surface area (Å²) < 4.78 is 17.1. The van der Waals surface area contributed by atoms with Crippen molar-refractivity contribution in [1.82, 2.24) is 4.98 Å². The van der Waals surface area contributed by atoms with Crippen LogP contribution >= 0.6 is 21.6 Å². The highest BCUT2D eigenvalue weighted by atomic mass is 33.1. The van der Waals surface area contributed by atoms with Crippen molar-refractivity contribution in [2.75, 3.05) is 5.75 Å². The number of hydrogen-bond donors (Lipinski definition) is 0. The third-order valence-corrected chi connectivity index (χ3v) is 7.60. The molecule has 0 aliphatic carbocycles. The lowest BCUT2D eigenvalue weighted by atomic mass is 10.1. The fourth-order valence-corrected chi connectivity index (χ4v) is 6.08. The van der Waals surface area contributed by atoms with Crippen LogP contribution in [0.2, 0.25) is 0 Å². The van der Waals surface area contributed by atoms with Crippen LogP contribution in [-0.4, -0.2) is 27.7 Å². The van der Waals surface area contributed by atoms with E-state index in [4.69, 9.17) is 14.2 Å². The van der Waals surface area contributed by atoms with Gasteiger partial charge in [-0.25, -0.2) is 0 Å². The van der Waals surface area contributed by atoms with Gasteiger partial charge >= 0.3 is 5.97 Å². The van der Waals surface area contributed by atoms with E-state index in [-0.39, 0.29) is 12.6 Å². The summed E-state index contributed by atoms with van der Waals surface area (Å²) in [5.41, 5.74) is 2.61. The molecular weight excluding hydrogens is 370 g/mol. The van der Waals surface area contributed by atoms with E-state index in [1.807, 2.05) is 42.4 Å². The molecule has 1 aromatic rings. The fourth-order valence-electron chi connectivity index (χ4n) is 3.05. The van der Waals surface area contributed by atoms with Crippen LogP contribution in [-0.2, 0) is 27.5 Å². The summed E-state index contributed by atoms with van der Waals surface area (Å²) in [4.78, 5) is 16.4. The normalized spacial score (nSPS) is 21.1. The highest BCUT2D eigenvalue weighted by Gasteiger charge is 2.30. The zero-order chi connectivity index (χ0) is 18.6. The third kappa shape index (κ3) is 5.30. The molecule has 0 amide bonds. The van der Waals surface area contributed by atoms with E-state index in [1.165, 1.54) is 18.6 Å². The number of nitrogens with zero attached hydrogens (tertiary/aromatic N) is 1. The summed E-state index contributed by atoms with van der Waals surface area (Å²) in [6.07, 6.45) is 6.71. The molecular formula is C19H27NO4S2. The first kappa shape index (κ1) is 19.8. The van der Waals surface area contributed by atoms with Crippen LogP contribution in [0.4, 0.5) is 0 Å². The van der Waals surface area contributed by atoms with Gasteiger partial charge in [0.05, 0.1) is 12.3 Å². The second-order valence-corrected chi connectivity index (χ2v) is 9.99. The number of aryl methyl sites for hydroxylation is 1. The lowest BCUT2D eigenvalue weighted by molar-refractivity contribution is -0.181. The Kier molecular flexibility index (Phi) is 6.75. The molecule has 3 heterocycles. The number of rotatable bonds is 7. The fraction of sp³-hybridized carbons (Fsp3) is 0.684. The number of carbonyl (C=O) groups is 1. The molecule has 26 heavy (non-hydrogen) atoms. The number of ether oxygens (including phenoxy) is 3. The third-order valence-electron chi connectivity index (χ3n) is 4.59. The maximum atomic E-state index is 12.0. The topological polar surface area (TPSA) is 57.7 Å². The van der Waals surface area contributed by atoms with Gasteiger partial charge < -0.3 is 14.2 Å². The molecule has 1 atom stereocenters. The zero-order valence-corrected chi connectivity index (χ0v) is 17.3. The van der Waals surface area contributed by atoms with E-state index in [9.17, 15) is 4.79 Å². The van der Waals surface area contributed by atoms with Crippen molar-refractivity contribution in [2.24, 2.45) is 0 Å². The average Bonchev–Trinajstić information content (AvgIpc) is 3.11. The molecule has 3 rings (SSSR count). The van der Waals surface area contributed by atoms with Crippen LogP contribution in [0.3, 0.4) is 0 Å². The Balaban J connectivity index is 1.46. The largest absolute Gasteiger partial charge is 0.461 e. The van der Waals surface area contributed by atoms with Crippen LogP contribution in [0.1, 0.15) is 62.8 Å². The number of esters is 1. The van der Waals surface area contributed by atoms with E-state index in [0.717, 1.165) is 40.7 Å². The van der Waals surface area contributed by atoms with Gasteiger partial charge in [0.2, 0.25) is 5.79 Å². The molecule has 144 valence electrons. The molecule has 0 saturated carbocycles. The average molecular weight is 398 g/mol. The van der Waals surface area contributed by atoms with E-state index in [1.54, 1.807) is 6.20 Å². The quantitative estimate of drug-likeness (QED) is 0.372. The zero-order valence-electron chi connectivity index (χ0n) is 15.7. The van der Waals surface area contributed by atoms with E-state index < -0.39 is 5.79 Å². The summed E-state index contributed by atoms with van der Waals surface area (Å²) in [5, 5.41) is 0.769. The Hall–Kier alpha value is -0.920. The lowest BCUT2D eigenvalue weighted by Crippen LogP contribution is -2.36. The molecule has 1 saturated heterocycles. The van der Waals surface area contributed by atoms with Gasteiger partial charge in [0.15, 0.2) is 0 Å². The molecule has 2 aliphatic heterocycles. The van der Waals surface area contributed by atoms with Crippen molar-refractivity contribution >= 4 is 27.6 Å². The van der Waals surface area contributed by atoms with Crippen LogP contribution in [0.5, 0.6) is 5.75 Å². The summed E-state index contributed by atoms with van der Waals surface area (Å²) in [5.74, 6) is 1.20. The standard InChI is InChI=1S/C19H27NO4S2/c1-13-18-16(12-23-19(2,3)24-18)14(10-20-13)11-22-17(21)7-5-4-6-15-8-9-25-26-15/h10,15H,4-9,11-12H2,1-3H3/t15-/m1/s1. The van der Waals surface area contributed by atoms with Crippen molar-refractivity contribution in [3.63, 3.8) is 0 Å². The predicted octanol–water partition coefficient (Wildman–Crippen LogP) is 4.79. The van der Waals surface area contributed by atoms with Crippen LogP contribution in [0.25, 0.3) is 0 Å². The SMILES string of the molecule is Cc1ncc(COC(=O)CCCC[C@@H]2CCSS2)c2c1OC(C)(C)OC2. The summed E-state index contributed by atoms with van der Waals surface area (Å²) in [7, 11) is 3.96. The van der Waals surface area contributed by atoms with Crippen molar-refractivity contribution in [3.05, 3.63) is 23.0 Å². The molecule has 0 aromatic carbocycles. The smallest absolute Gasteiger partial charge is 0.306 e. The summed E-state index contributed by atoms with van der Waals surface area (Å²) >= 11 is 0. The van der Waals surface area contributed by atoms with Gasteiger partial charge in [-0.2, -0.15) is 0 Å². The number of pyridine rings is 1. The van der Waals surface area contributed by atoms with Crippen molar-refractivity contribution in [2.45, 2.75) is 77.1 Å². The van der Waals surface area contributed by atoms with Crippen molar-refractivity contribution in [3.8, 4) is 5.75 Å². The number of aromatic nitrogens is 1. The van der Waals surface area contributed by atoms with E-state index >= 15 is 0 Å². The first-order valence-corrected chi connectivity index (χ1v) is 11.6. The van der Waals surface area contributed by atoms with Gasteiger partial charge in [0, 0.05) is 48.6 Å². The maximum Gasteiger partial charge on any atom is 0.306 e. The monoisotopic (exact) mass is 397 g/mol. The predicted molar refractivity (Wildman–Crippen MR) is 105 cm³/mol. The minimum absolute atomic E-state index is 0.147. The van der Waals surface area contributed by atoms with Gasteiger partial charge in [-0.1, -0.05) is 28.0 Å². The number of hydrogen-bond acceptors (Lipinski definition) is 7. The van der Waals surface area contributed by atoms with Crippen molar-refractivity contribution < 1.29 is 19.0 Å². The van der Waals surface area contributed by atoms with Crippen LogP contribution < -0.4 is 4.74 Å². The second kappa shape index (κ2) is 8.85. The Morgan fingerprint density at radius 2 is 2.27 bits per heavy atom. The van der Waals surface area contributed by atoms with Gasteiger partial charge in [-0.15, -0.1) is 0 Å². The Labute approximate surface area is 163 Å². The number of carbonyl (C=O) groups excluding carboxylic acids is 1. The molecule has 0 radical (unpaired) electrons. The van der Waals surface area contributed by atoms with Crippen molar-refractivity contribution in [1.29, 1.82) is 0 Å². The van der Waals surface area contributed by atoms with Gasteiger partial charge in [-0.05, 0) is 26.2 Å². The van der Waals surface area contributed by atoms with E-state index in [2.05, 4.69) is 4.98 Å². The molecule has 0 bridgehead atoms. The highest BCUT2D eigenvalue weighted by molar-refractivity contribution is 8.77. The van der Waals surface area contributed by atoms with Crippen LogP contribution in [0.15, 0.2) is 6.20 Å². The first-order chi connectivity index (χ1) is 12.4. The highest BCUT2D eigenvalue weighted by Crippen LogP contribution is 2.40. The summed E-state index contributed by atoms with van der Waals surface area (Å²) in [6, 6.07) is 0. The molecule has 2 aliphatic rings. The minimum atomic E-state index is -0.662. The van der Waals surface area contributed by atoms with Gasteiger partial charge in [-0.3, -0.25) is 9.78 Å². The molecule has 5 nitrogen and oxygen atoms in total. The van der Waals surface area contributed by atoms with E-state index in [0.29, 0.717) is 13.0 Å². The van der Waals surface area contributed by atoms with Crippen LogP contribution in [0, 0.1) is 6.92 Å². The van der Waals surface area contributed by atoms with Gasteiger partial charge in [0.25, 0.3) is 0 Å². The lowest BCUT2D eigenvalue weighted by Gasteiger charge is -2.34. The first-order valence-electron chi connectivity index (χ1n) is 9.19. The number of fused-ring (bicyclic) bond motifs is 1. The Morgan fingerprint density at radius 1 is 1.42 bits per heavy atom. The molecule has 1 fully saturated rings. The minimum Gasteiger partial charge on any atom is -0.461 e. The molecule has 0 spiro atoms. The maximum absolute atomic E-state index is 12.0. The van der Waals surface area contributed by atoms with Gasteiger partial charge in [0.1, 0.15) is 12.4 Å².